The van der Waals surface area contributed by atoms with Crippen LogP contribution in [0.1, 0.15) is 71.6 Å². The predicted octanol–water partition coefficient (Wildman–Crippen LogP) is 6.39. The molecule has 3 aromatic carbocycles. The molecule has 28 heteroatoms. The maximum absolute atomic E-state index is 11.8. The van der Waals surface area contributed by atoms with Gasteiger partial charge in [-0.25, -0.2) is 24.4 Å². The van der Waals surface area contributed by atoms with Crippen molar-refractivity contribution < 1.29 is 52.6 Å². The molecule has 8 rings (SSSR count). The molecule has 3 aliphatic rings. The van der Waals surface area contributed by atoms with Gasteiger partial charge in [0.15, 0.2) is 5.17 Å². The molecule has 0 bridgehead atoms. The van der Waals surface area contributed by atoms with Gasteiger partial charge >= 0.3 is 18.3 Å². The van der Waals surface area contributed by atoms with Crippen molar-refractivity contribution in [3.63, 3.8) is 0 Å². The number of benzene rings is 3. The quantitative estimate of drug-likeness (QED) is 0.0193. The van der Waals surface area contributed by atoms with Crippen molar-refractivity contribution in [3.05, 3.63) is 54.6 Å². The zero-order valence-electron chi connectivity index (χ0n) is 49.4. The molecule has 0 saturated carbocycles. The summed E-state index contributed by atoms with van der Waals surface area (Å²) in [5, 5.41) is 11.4. The second kappa shape index (κ2) is 32.7. The molecule has 3 fully saturated rings. The summed E-state index contributed by atoms with van der Waals surface area (Å²) in [6.45, 7) is 9.97. The number of fused-ring (bicyclic) bond motifs is 2. The van der Waals surface area contributed by atoms with Gasteiger partial charge < -0.3 is 69.9 Å². The molecule has 3 saturated heterocycles. The Morgan fingerprint density at radius 1 is 0.655 bits per heavy atom. The number of nitrogens with one attached hydrogen (secondary N) is 4. The number of likely N-dealkylation sites (tertiary alicyclic amines) is 3. The Bertz CT molecular complexity index is 3150. The number of amidine groups is 1. The standard InChI is InChI=1S/C19H25N5O4.C16H24N4O2.C15H21N5O.C6H10N2O4S/c1-13(25)22(2)14-7-8-16-15(12-14)20-18(21-19(27)28-3)24(16)11-5-10-23-9-4-6-17(23)26;1-12(21)19(2)13-6-7-15(14(17)11-13)18-8-4-10-20-9-3-5-16(20)22;1-17-11-5-6-13-12(10-11)18-15(16)20(13)9-3-8-19-7-2-4-14(19)21;1-11-5(9)7-4(13-3)8-6(10)12-2/h7-8,12H,4-6,9-11H2,1-3H3,(H,20,21,27);6-7,11,18H,3-5,8-10,17H2,1-2H3;5-6,10,17H,2-4,7-9H2,1H3,(H2,16,18);1-3H3,(H,7,8,9,10). The first-order valence-electron chi connectivity index (χ1n) is 27.5. The van der Waals surface area contributed by atoms with Crippen molar-refractivity contribution in [3.8, 4) is 0 Å². The number of aryl methyl sites for hydroxylation is 2. The van der Waals surface area contributed by atoms with Crippen LogP contribution in [0.3, 0.4) is 0 Å². The summed E-state index contributed by atoms with van der Waals surface area (Å²) in [6.07, 6.45) is 6.99. The Morgan fingerprint density at radius 3 is 1.67 bits per heavy atom. The van der Waals surface area contributed by atoms with Gasteiger partial charge in [0.2, 0.25) is 41.4 Å². The highest BCUT2D eigenvalue weighted by Gasteiger charge is 2.23. The van der Waals surface area contributed by atoms with Gasteiger partial charge in [-0.15, -0.1) is 0 Å². The summed E-state index contributed by atoms with van der Waals surface area (Å²) in [5.74, 6) is 1.52. The fourth-order valence-corrected chi connectivity index (χ4v) is 9.51. The average Bonchev–Trinajstić information content (AvgIpc) is 3.67. The lowest BCUT2D eigenvalue weighted by atomic mass is 10.2. The van der Waals surface area contributed by atoms with E-state index in [1.165, 1.54) is 40.1 Å². The van der Waals surface area contributed by atoms with Gasteiger partial charge in [-0.05, 0) is 99.4 Å². The summed E-state index contributed by atoms with van der Waals surface area (Å²) < 4.78 is 17.2. The molecule has 0 aliphatic carbocycles. The third kappa shape index (κ3) is 19.1. The van der Waals surface area contributed by atoms with E-state index in [2.05, 4.69) is 50.4 Å². The molecule has 84 heavy (non-hydrogen) atoms. The van der Waals surface area contributed by atoms with E-state index in [-0.39, 0.29) is 34.7 Å². The van der Waals surface area contributed by atoms with Crippen LogP contribution in [0.2, 0.25) is 0 Å². The Kier molecular flexibility index (Phi) is 25.7. The number of aliphatic imine (C=N–C) groups is 1. The lowest BCUT2D eigenvalue weighted by Gasteiger charge is -2.18. The number of imidazole rings is 2. The molecule has 0 radical (unpaired) electrons. The number of hydrogen-bond donors (Lipinski definition) is 6. The van der Waals surface area contributed by atoms with Gasteiger partial charge in [0.05, 0.1) is 54.8 Å². The molecule has 0 unspecified atom stereocenters. The predicted molar refractivity (Wildman–Crippen MR) is 327 cm³/mol. The molecule has 5 aromatic rings. The fourth-order valence-electron chi connectivity index (χ4n) is 9.16. The number of amides is 8. The average molecular weight is 1190 g/mol. The van der Waals surface area contributed by atoms with Gasteiger partial charge in [0.25, 0.3) is 0 Å². The van der Waals surface area contributed by atoms with Crippen molar-refractivity contribution in [2.45, 2.75) is 84.7 Å². The minimum Gasteiger partial charge on any atom is -0.453 e. The summed E-state index contributed by atoms with van der Waals surface area (Å²) in [7, 11) is 9.00. The number of carbonyl (C=O) groups is 8. The van der Waals surface area contributed by atoms with Gasteiger partial charge in [-0.1, -0.05) is 11.8 Å². The number of rotatable bonds is 17. The molecule has 0 atom stereocenters. The molecule has 8 N–H and O–H groups in total. The van der Waals surface area contributed by atoms with E-state index in [0.29, 0.717) is 55.5 Å². The maximum atomic E-state index is 11.8. The van der Waals surface area contributed by atoms with E-state index in [1.54, 1.807) is 37.4 Å². The van der Waals surface area contributed by atoms with Gasteiger partial charge in [-0.2, -0.15) is 4.99 Å². The molecule has 456 valence electrons. The summed E-state index contributed by atoms with van der Waals surface area (Å²) in [5.41, 5.74) is 19.5. The fraction of sp³-hybridized carbons (Fsp3) is 0.482. The van der Waals surface area contributed by atoms with E-state index in [1.807, 2.05) is 73.3 Å². The van der Waals surface area contributed by atoms with Gasteiger partial charge in [0, 0.05) is 130 Å². The van der Waals surface area contributed by atoms with Gasteiger partial charge in [-0.3, -0.25) is 34.6 Å². The highest BCUT2D eigenvalue weighted by Crippen LogP contribution is 2.28. The minimum atomic E-state index is -0.777. The molecule has 27 nitrogen and oxygen atoms in total. The second-order valence-corrected chi connectivity index (χ2v) is 20.3. The summed E-state index contributed by atoms with van der Waals surface area (Å²) >= 11 is 1.09. The number of hydrogen-bond acceptors (Lipinski definition) is 18. The van der Waals surface area contributed by atoms with Crippen molar-refractivity contribution in [2.24, 2.45) is 4.99 Å². The molecule has 0 spiro atoms. The lowest BCUT2D eigenvalue weighted by molar-refractivity contribution is -0.128. The first-order chi connectivity index (χ1) is 40.2. The van der Waals surface area contributed by atoms with Gasteiger partial charge in [0.1, 0.15) is 0 Å². The number of methoxy groups -OCH3 is 3. The molecule has 2 aromatic heterocycles. The number of aromatic nitrogens is 4. The highest BCUT2D eigenvalue weighted by molar-refractivity contribution is 8.13. The van der Waals surface area contributed by atoms with Crippen LogP contribution >= 0.6 is 11.8 Å². The van der Waals surface area contributed by atoms with E-state index in [0.717, 1.165) is 135 Å². The topological polar surface area (TPSA) is 329 Å². The maximum Gasteiger partial charge on any atom is 0.435 e. The number of ether oxygens (including phenoxy) is 3. The van der Waals surface area contributed by atoms with Crippen LogP contribution < -0.4 is 42.5 Å². The Labute approximate surface area is 493 Å². The first-order valence-corrected chi connectivity index (χ1v) is 28.7. The first kappa shape index (κ1) is 66.0. The molecular formula is C56H80N16O11S. The molecule has 3 aliphatic heterocycles. The number of nitrogens with zero attached hydrogens (tertiary/aromatic N) is 10. The van der Waals surface area contributed by atoms with E-state index in [9.17, 15) is 38.4 Å². The number of nitrogen functional groups attached to an aromatic ring is 2. The van der Waals surface area contributed by atoms with Crippen molar-refractivity contribution in [1.82, 2.24) is 39.1 Å². The lowest BCUT2D eigenvalue weighted by Crippen LogP contribution is -2.28. The number of carbonyl (C=O) groups excluding carboxylic acids is 8. The Balaban J connectivity index is 0.000000211. The third-order valence-electron chi connectivity index (χ3n) is 14.0. The minimum absolute atomic E-state index is 0.0320. The van der Waals surface area contributed by atoms with Crippen LogP contribution in [-0.4, -0.2) is 181 Å². The zero-order chi connectivity index (χ0) is 61.5. The Morgan fingerprint density at radius 2 is 1.17 bits per heavy atom. The van der Waals surface area contributed by atoms with Crippen LogP contribution in [0.4, 0.5) is 54.7 Å². The van der Waals surface area contributed by atoms with Crippen LogP contribution in [0.15, 0.2) is 59.6 Å². The van der Waals surface area contributed by atoms with Crippen LogP contribution in [0.25, 0.3) is 22.1 Å². The zero-order valence-corrected chi connectivity index (χ0v) is 50.3. The summed E-state index contributed by atoms with van der Waals surface area (Å²) in [4.78, 5) is 112. The highest BCUT2D eigenvalue weighted by atomic mass is 32.2. The largest absolute Gasteiger partial charge is 0.453 e. The van der Waals surface area contributed by atoms with Crippen LogP contribution in [0, 0.1) is 0 Å². The van der Waals surface area contributed by atoms with E-state index >= 15 is 0 Å². The van der Waals surface area contributed by atoms with Crippen molar-refractivity contribution >= 4 is 127 Å². The third-order valence-corrected chi connectivity index (χ3v) is 14.5. The smallest absolute Gasteiger partial charge is 0.435 e. The second-order valence-electron chi connectivity index (χ2n) is 19.5. The van der Waals surface area contributed by atoms with E-state index in [4.69, 9.17) is 11.5 Å². The number of nitrogens with two attached hydrogens (primary N) is 2. The van der Waals surface area contributed by atoms with Crippen LogP contribution in [-0.2, 0) is 51.3 Å². The molecule has 8 amide bonds. The van der Waals surface area contributed by atoms with Crippen LogP contribution in [0.5, 0.6) is 0 Å². The van der Waals surface area contributed by atoms with Crippen molar-refractivity contribution in [2.75, 3.05) is 132 Å². The number of thioether (sulfide) groups is 1. The SMILES string of the molecule is CC(=O)N(C)c1ccc(NCCCN2CCCC2=O)c(N)c1.CNc1ccc2c(c1)nc(N)n2CCCN1CCCC1=O.COC(=O)N=C(NC(=O)OC)SC.COC(=O)Nc1nc2cc(N(C)C(C)=O)ccc2n1CCCN1CCCC1=O. The number of alkyl carbamates (subject to hydrolysis) is 1. The number of anilines is 7. The normalized spacial score (nSPS) is 13.8. The summed E-state index contributed by atoms with van der Waals surface area (Å²) in [6, 6.07) is 17.1. The molecule has 5 heterocycles. The Hall–Kier alpha value is -8.82. The van der Waals surface area contributed by atoms with Crippen molar-refractivity contribution in [1.29, 1.82) is 0 Å². The monoisotopic (exact) mass is 1180 g/mol. The molecular weight excluding hydrogens is 1100 g/mol. The van der Waals surface area contributed by atoms with E-state index < -0.39 is 18.3 Å².